The minimum Gasteiger partial charge on any atom is -0.454 e. The van der Waals surface area contributed by atoms with Gasteiger partial charge in [-0.15, -0.1) is 0 Å². The molecule has 2 fully saturated rings. The molecule has 2 heterocycles. The molecular formula is C10H16N2O3. The minimum absolute atomic E-state index is 0.0693. The highest BCUT2D eigenvalue weighted by molar-refractivity contribution is 5.88. The molecule has 1 atom stereocenters. The van der Waals surface area contributed by atoms with E-state index in [-0.39, 0.29) is 25.0 Å². The number of nitrogens with one attached hydrogen (secondary N) is 1. The van der Waals surface area contributed by atoms with Gasteiger partial charge < -0.3 is 15.0 Å². The number of hydrogen-bond donors (Lipinski definition) is 1. The van der Waals surface area contributed by atoms with Crippen LogP contribution in [0, 0.1) is 5.92 Å². The van der Waals surface area contributed by atoms with Gasteiger partial charge in [0.25, 0.3) is 5.91 Å². The van der Waals surface area contributed by atoms with Crippen LogP contribution in [0.3, 0.4) is 0 Å². The monoisotopic (exact) mass is 212 g/mol. The highest BCUT2D eigenvalue weighted by Crippen LogP contribution is 2.13. The first-order chi connectivity index (χ1) is 7.25. The molecule has 1 amide bonds. The summed E-state index contributed by atoms with van der Waals surface area (Å²) < 4.78 is 4.66. The lowest BCUT2D eigenvalue weighted by molar-refractivity contribution is -0.162. The second-order valence-corrected chi connectivity index (χ2v) is 4.15. The van der Waals surface area contributed by atoms with Crippen LogP contribution in [0.25, 0.3) is 0 Å². The topological polar surface area (TPSA) is 58.6 Å². The third-order valence-corrected chi connectivity index (χ3v) is 2.91. The van der Waals surface area contributed by atoms with E-state index in [9.17, 15) is 9.59 Å². The van der Waals surface area contributed by atoms with E-state index in [4.69, 9.17) is 0 Å². The molecule has 0 radical (unpaired) electrons. The van der Waals surface area contributed by atoms with E-state index in [1.54, 1.807) is 4.90 Å². The Labute approximate surface area is 88.8 Å². The summed E-state index contributed by atoms with van der Waals surface area (Å²) in [5.74, 6) is 0.118. The first kappa shape index (κ1) is 10.4. The zero-order valence-electron chi connectivity index (χ0n) is 8.70. The Kier molecular flexibility index (Phi) is 3.20. The largest absolute Gasteiger partial charge is 0.454 e. The predicted octanol–water partition coefficient (Wildman–Crippen LogP) is -0.629. The van der Waals surface area contributed by atoms with Gasteiger partial charge >= 0.3 is 5.97 Å². The van der Waals surface area contributed by atoms with Gasteiger partial charge in [-0.2, -0.15) is 0 Å². The number of hydrogen-bond acceptors (Lipinski definition) is 4. The van der Waals surface area contributed by atoms with Crippen molar-refractivity contribution in [2.75, 3.05) is 32.8 Å². The Morgan fingerprint density at radius 1 is 1.47 bits per heavy atom. The summed E-state index contributed by atoms with van der Waals surface area (Å²) >= 11 is 0. The lowest BCUT2D eigenvalue weighted by Crippen LogP contribution is -2.48. The van der Waals surface area contributed by atoms with Crippen molar-refractivity contribution in [2.45, 2.75) is 12.8 Å². The highest BCUT2D eigenvalue weighted by Gasteiger charge is 2.27. The SMILES string of the molecule is O=C1CN(CC2CCCNC2)C(=O)CO1. The van der Waals surface area contributed by atoms with Crippen LogP contribution in [0.1, 0.15) is 12.8 Å². The second-order valence-electron chi connectivity index (χ2n) is 4.15. The molecular weight excluding hydrogens is 196 g/mol. The van der Waals surface area contributed by atoms with Gasteiger partial charge in [0.15, 0.2) is 6.61 Å². The fraction of sp³-hybridized carbons (Fsp3) is 0.800. The van der Waals surface area contributed by atoms with E-state index in [0.29, 0.717) is 12.5 Å². The quantitative estimate of drug-likeness (QED) is 0.619. The van der Waals surface area contributed by atoms with Crippen LogP contribution in [0.15, 0.2) is 0 Å². The molecule has 0 aliphatic carbocycles. The number of carbonyl (C=O) groups excluding carboxylic acids is 2. The summed E-state index contributed by atoms with van der Waals surface area (Å²) in [6.07, 6.45) is 2.28. The number of nitrogens with zero attached hydrogens (tertiary/aromatic N) is 1. The van der Waals surface area contributed by atoms with Crippen molar-refractivity contribution in [3.05, 3.63) is 0 Å². The minimum atomic E-state index is -0.293. The molecule has 0 spiro atoms. The fourth-order valence-corrected chi connectivity index (χ4v) is 2.08. The maximum atomic E-state index is 11.4. The normalized spacial score (nSPS) is 27.7. The molecule has 84 valence electrons. The third-order valence-electron chi connectivity index (χ3n) is 2.91. The summed E-state index contributed by atoms with van der Waals surface area (Å²) in [7, 11) is 0. The third kappa shape index (κ3) is 2.68. The molecule has 2 rings (SSSR count). The first-order valence-electron chi connectivity index (χ1n) is 5.40. The van der Waals surface area contributed by atoms with E-state index >= 15 is 0 Å². The Morgan fingerprint density at radius 2 is 2.33 bits per heavy atom. The van der Waals surface area contributed by atoms with Crippen molar-refractivity contribution >= 4 is 11.9 Å². The van der Waals surface area contributed by atoms with E-state index < -0.39 is 0 Å². The maximum Gasteiger partial charge on any atom is 0.326 e. The van der Waals surface area contributed by atoms with E-state index in [1.165, 1.54) is 0 Å². The van der Waals surface area contributed by atoms with Gasteiger partial charge in [0, 0.05) is 6.54 Å². The number of piperidine rings is 1. The first-order valence-corrected chi connectivity index (χ1v) is 5.40. The summed E-state index contributed by atoms with van der Waals surface area (Å²) in [4.78, 5) is 24.1. The van der Waals surface area contributed by atoms with Gasteiger partial charge in [0.1, 0.15) is 6.54 Å². The molecule has 2 aliphatic rings. The summed E-state index contributed by atoms with van der Waals surface area (Å²) in [5.41, 5.74) is 0. The average Bonchev–Trinajstić information content (AvgIpc) is 2.25. The fourth-order valence-electron chi connectivity index (χ4n) is 2.08. The van der Waals surface area contributed by atoms with Crippen LogP contribution in [0.5, 0.6) is 0 Å². The number of ether oxygens (including phenoxy) is 1. The van der Waals surface area contributed by atoms with Crippen molar-refractivity contribution in [3.8, 4) is 0 Å². The van der Waals surface area contributed by atoms with Gasteiger partial charge in [0.2, 0.25) is 0 Å². The van der Waals surface area contributed by atoms with Gasteiger partial charge in [-0.05, 0) is 31.8 Å². The Bertz CT molecular complexity index is 261. The lowest BCUT2D eigenvalue weighted by atomic mass is 9.99. The van der Waals surface area contributed by atoms with Gasteiger partial charge in [-0.25, -0.2) is 0 Å². The van der Waals surface area contributed by atoms with Crippen LogP contribution < -0.4 is 5.32 Å². The Morgan fingerprint density at radius 3 is 3.07 bits per heavy atom. The zero-order valence-corrected chi connectivity index (χ0v) is 8.70. The van der Waals surface area contributed by atoms with Crippen molar-refractivity contribution in [2.24, 2.45) is 5.92 Å². The second kappa shape index (κ2) is 4.61. The van der Waals surface area contributed by atoms with Crippen LogP contribution in [-0.4, -0.2) is 49.6 Å². The molecule has 0 aromatic carbocycles. The number of carbonyl (C=O) groups is 2. The van der Waals surface area contributed by atoms with Crippen LogP contribution in [0.4, 0.5) is 0 Å². The van der Waals surface area contributed by atoms with Crippen molar-refractivity contribution < 1.29 is 14.3 Å². The molecule has 0 saturated carbocycles. The summed E-state index contributed by atoms with van der Waals surface area (Å²) in [6, 6.07) is 0. The van der Waals surface area contributed by atoms with E-state index in [2.05, 4.69) is 10.1 Å². The molecule has 2 saturated heterocycles. The Hall–Kier alpha value is -1.10. The zero-order chi connectivity index (χ0) is 10.7. The molecule has 5 nitrogen and oxygen atoms in total. The smallest absolute Gasteiger partial charge is 0.326 e. The van der Waals surface area contributed by atoms with Gasteiger partial charge in [0.05, 0.1) is 0 Å². The summed E-state index contributed by atoms with van der Waals surface area (Å²) in [6.45, 7) is 2.72. The molecule has 0 bridgehead atoms. The number of cyclic esters (lactones) is 1. The standard InChI is InChI=1S/C10H16N2O3/c13-9-7-15-10(14)6-12(9)5-8-2-1-3-11-4-8/h8,11H,1-7H2. The number of amides is 1. The molecule has 2 aliphatic heterocycles. The average molecular weight is 212 g/mol. The van der Waals surface area contributed by atoms with Crippen molar-refractivity contribution in [1.82, 2.24) is 10.2 Å². The lowest BCUT2D eigenvalue weighted by Gasteiger charge is -2.31. The van der Waals surface area contributed by atoms with E-state index in [0.717, 1.165) is 25.9 Å². The predicted molar refractivity (Wildman–Crippen MR) is 53.1 cm³/mol. The summed E-state index contributed by atoms with van der Waals surface area (Å²) in [5, 5.41) is 3.30. The molecule has 0 aromatic rings. The number of morpholine rings is 1. The van der Waals surface area contributed by atoms with Crippen molar-refractivity contribution in [3.63, 3.8) is 0 Å². The molecule has 0 aromatic heterocycles. The van der Waals surface area contributed by atoms with Crippen LogP contribution in [-0.2, 0) is 14.3 Å². The number of esters is 1. The molecule has 15 heavy (non-hydrogen) atoms. The van der Waals surface area contributed by atoms with Crippen LogP contribution >= 0.6 is 0 Å². The highest BCUT2D eigenvalue weighted by atomic mass is 16.5. The Balaban J connectivity index is 1.85. The molecule has 5 heteroatoms. The molecule has 1 N–H and O–H groups in total. The maximum absolute atomic E-state index is 11.4. The van der Waals surface area contributed by atoms with Crippen molar-refractivity contribution in [1.29, 1.82) is 0 Å². The van der Waals surface area contributed by atoms with Crippen LogP contribution in [0.2, 0.25) is 0 Å². The van der Waals surface area contributed by atoms with Gasteiger partial charge in [-0.3, -0.25) is 9.59 Å². The number of rotatable bonds is 2. The molecule has 1 unspecified atom stereocenters. The van der Waals surface area contributed by atoms with Gasteiger partial charge in [-0.1, -0.05) is 0 Å². The van der Waals surface area contributed by atoms with E-state index in [1.807, 2.05) is 0 Å².